The van der Waals surface area contributed by atoms with E-state index in [1.807, 2.05) is 25.1 Å². The maximum absolute atomic E-state index is 11.3. The number of piperidine rings is 1. The van der Waals surface area contributed by atoms with Crippen LogP contribution in [0.15, 0.2) is 22.6 Å². The van der Waals surface area contributed by atoms with E-state index in [9.17, 15) is 9.90 Å². The van der Waals surface area contributed by atoms with Crippen molar-refractivity contribution in [1.29, 1.82) is 0 Å². The van der Waals surface area contributed by atoms with Crippen molar-refractivity contribution in [3.05, 3.63) is 23.8 Å². The number of nitrogens with zero attached hydrogens (tertiary/aromatic N) is 2. The SMILES string of the molecule is Cc1ccc2oc(N3CCCCC3C(=O)O)nc2c1. The molecule has 2 aromatic rings. The van der Waals surface area contributed by atoms with Gasteiger partial charge in [0.1, 0.15) is 11.6 Å². The molecule has 0 bridgehead atoms. The first-order chi connectivity index (χ1) is 9.15. The Hall–Kier alpha value is -2.04. The van der Waals surface area contributed by atoms with Crippen molar-refractivity contribution in [1.82, 2.24) is 4.98 Å². The van der Waals surface area contributed by atoms with Crippen LogP contribution in [0.25, 0.3) is 11.1 Å². The van der Waals surface area contributed by atoms with Gasteiger partial charge in [0.2, 0.25) is 0 Å². The Bertz CT molecular complexity index is 620. The Morgan fingerprint density at radius 2 is 2.32 bits per heavy atom. The molecule has 5 nitrogen and oxygen atoms in total. The fourth-order valence-corrected chi connectivity index (χ4v) is 2.57. The number of hydrogen-bond donors (Lipinski definition) is 1. The summed E-state index contributed by atoms with van der Waals surface area (Å²) in [5, 5.41) is 9.28. The highest BCUT2D eigenvalue weighted by Gasteiger charge is 2.31. The van der Waals surface area contributed by atoms with Gasteiger partial charge in [-0.25, -0.2) is 4.79 Å². The maximum atomic E-state index is 11.3. The molecule has 1 fully saturated rings. The number of carbonyl (C=O) groups is 1. The summed E-state index contributed by atoms with van der Waals surface area (Å²) in [5.41, 5.74) is 2.60. The summed E-state index contributed by atoms with van der Waals surface area (Å²) in [6, 6.07) is 5.68. The quantitative estimate of drug-likeness (QED) is 0.899. The van der Waals surface area contributed by atoms with Crippen LogP contribution in [0.2, 0.25) is 0 Å². The number of rotatable bonds is 2. The second-order valence-corrected chi connectivity index (χ2v) is 5.01. The first kappa shape index (κ1) is 12.0. The first-order valence-corrected chi connectivity index (χ1v) is 6.52. The lowest BCUT2D eigenvalue weighted by Crippen LogP contribution is -2.44. The van der Waals surface area contributed by atoms with Crippen LogP contribution in [0.4, 0.5) is 6.01 Å². The summed E-state index contributed by atoms with van der Waals surface area (Å²) in [7, 11) is 0. The normalized spacial score (nSPS) is 19.8. The first-order valence-electron chi connectivity index (χ1n) is 6.52. The molecule has 2 heterocycles. The average Bonchev–Trinajstić information content (AvgIpc) is 2.81. The second kappa shape index (κ2) is 4.57. The number of aryl methyl sites for hydroxylation is 1. The molecule has 0 aliphatic carbocycles. The van der Waals surface area contributed by atoms with E-state index in [0.717, 1.165) is 23.9 Å². The summed E-state index contributed by atoms with van der Waals surface area (Å²) in [4.78, 5) is 17.5. The zero-order valence-corrected chi connectivity index (χ0v) is 10.8. The van der Waals surface area contributed by atoms with Crippen molar-refractivity contribution < 1.29 is 14.3 Å². The molecule has 5 heteroatoms. The van der Waals surface area contributed by atoms with Gasteiger partial charge in [-0.15, -0.1) is 0 Å². The maximum Gasteiger partial charge on any atom is 0.326 e. The van der Waals surface area contributed by atoms with Gasteiger partial charge in [-0.3, -0.25) is 0 Å². The summed E-state index contributed by atoms with van der Waals surface area (Å²) >= 11 is 0. The summed E-state index contributed by atoms with van der Waals surface area (Å²) in [6.45, 7) is 2.68. The highest BCUT2D eigenvalue weighted by atomic mass is 16.4. The third-order valence-electron chi connectivity index (χ3n) is 3.57. The van der Waals surface area contributed by atoms with Crippen LogP contribution in [0, 0.1) is 6.92 Å². The van der Waals surface area contributed by atoms with Crippen molar-refractivity contribution in [2.75, 3.05) is 11.4 Å². The van der Waals surface area contributed by atoms with Crippen LogP contribution in [0.3, 0.4) is 0 Å². The van der Waals surface area contributed by atoms with Gasteiger partial charge in [-0.05, 0) is 43.9 Å². The molecule has 0 spiro atoms. The molecular formula is C14H16N2O3. The molecule has 1 aliphatic rings. The Kier molecular flexibility index (Phi) is 2.89. The third-order valence-corrected chi connectivity index (χ3v) is 3.57. The van der Waals surface area contributed by atoms with Gasteiger partial charge in [-0.1, -0.05) is 6.07 Å². The number of oxazole rings is 1. The van der Waals surface area contributed by atoms with Gasteiger partial charge in [0.05, 0.1) is 0 Å². The van der Waals surface area contributed by atoms with Gasteiger partial charge in [0.15, 0.2) is 5.58 Å². The minimum absolute atomic E-state index is 0.424. The fraction of sp³-hybridized carbons (Fsp3) is 0.429. The van der Waals surface area contributed by atoms with Crippen LogP contribution >= 0.6 is 0 Å². The van der Waals surface area contributed by atoms with Crippen LogP contribution < -0.4 is 4.90 Å². The number of fused-ring (bicyclic) bond motifs is 1. The number of carboxylic acid groups (broad SMARTS) is 1. The van der Waals surface area contributed by atoms with E-state index >= 15 is 0 Å². The lowest BCUT2D eigenvalue weighted by Gasteiger charge is -2.31. The predicted molar refractivity (Wildman–Crippen MR) is 71.4 cm³/mol. The molecule has 0 radical (unpaired) electrons. The zero-order chi connectivity index (χ0) is 13.4. The summed E-state index contributed by atoms with van der Waals surface area (Å²) in [6.07, 6.45) is 2.56. The standard InChI is InChI=1S/C14H16N2O3/c1-9-5-6-12-10(8-9)15-14(19-12)16-7-3-2-4-11(16)13(17)18/h5-6,8,11H,2-4,7H2,1H3,(H,17,18). The molecule has 1 aliphatic heterocycles. The number of anilines is 1. The van der Waals surface area contributed by atoms with Crippen LogP contribution in [-0.4, -0.2) is 28.6 Å². The van der Waals surface area contributed by atoms with Crippen molar-refractivity contribution >= 4 is 23.1 Å². The van der Waals surface area contributed by atoms with E-state index in [1.165, 1.54) is 0 Å². The lowest BCUT2D eigenvalue weighted by molar-refractivity contribution is -0.139. The third kappa shape index (κ3) is 2.16. The summed E-state index contributed by atoms with van der Waals surface area (Å²) in [5.74, 6) is -0.807. The van der Waals surface area contributed by atoms with Crippen molar-refractivity contribution in [3.63, 3.8) is 0 Å². The fourth-order valence-electron chi connectivity index (χ4n) is 2.57. The second-order valence-electron chi connectivity index (χ2n) is 5.01. The largest absolute Gasteiger partial charge is 0.480 e. The molecule has 0 amide bonds. The number of hydrogen-bond acceptors (Lipinski definition) is 4. The van der Waals surface area contributed by atoms with Gasteiger partial charge in [0.25, 0.3) is 6.01 Å². The molecule has 1 aromatic heterocycles. The van der Waals surface area contributed by atoms with E-state index in [-0.39, 0.29) is 0 Å². The summed E-state index contributed by atoms with van der Waals surface area (Å²) < 4.78 is 5.69. The molecule has 0 saturated carbocycles. The molecule has 1 N–H and O–H groups in total. The van der Waals surface area contributed by atoms with Crippen LogP contribution in [0.1, 0.15) is 24.8 Å². The zero-order valence-electron chi connectivity index (χ0n) is 10.8. The van der Waals surface area contributed by atoms with E-state index in [1.54, 1.807) is 4.90 Å². The minimum atomic E-state index is -0.807. The van der Waals surface area contributed by atoms with Gasteiger partial charge < -0.3 is 14.4 Å². The number of carboxylic acids is 1. The minimum Gasteiger partial charge on any atom is -0.480 e. The van der Waals surface area contributed by atoms with E-state index in [2.05, 4.69) is 4.98 Å². The van der Waals surface area contributed by atoms with Crippen LogP contribution in [-0.2, 0) is 4.79 Å². The number of benzene rings is 1. The predicted octanol–water partition coefficient (Wildman–Crippen LogP) is 2.58. The smallest absolute Gasteiger partial charge is 0.326 e. The molecule has 100 valence electrons. The number of aromatic nitrogens is 1. The Morgan fingerprint density at radius 3 is 3.11 bits per heavy atom. The topological polar surface area (TPSA) is 66.6 Å². The van der Waals surface area contributed by atoms with Gasteiger partial charge in [0, 0.05) is 6.54 Å². The molecular weight excluding hydrogens is 244 g/mol. The Balaban J connectivity index is 1.99. The molecule has 1 atom stereocenters. The number of aliphatic carboxylic acids is 1. The molecule has 1 aromatic carbocycles. The van der Waals surface area contributed by atoms with Crippen LogP contribution in [0.5, 0.6) is 0 Å². The van der Waals surface area contributed by atoms with Gasteiger partial charge in [-0.2, -0.15) is 4.98 Å². The van der Waals surface area contributed by atoms with E-state index < -0.39 is 12.0 Å². The Labute approximate surface area is 110 Å². The Morgan fingerprint density at radius 1 is 1.47 bits per heavy atom. The molecule has 1 unspecified atom stereocenters. The molecule has 19 heavy (non-hydrogen) atoms. The highest BCUT2D eigenvalue weighted by Crippen LogP contribution is 2.28. The van der Waals surface area contributed by atoms with E-state index in [4.69, 9.17) is 4.42 Å². The average molecular weight is 260 g/mol. The highest BCUT2D eigenvalue weighted by molar-refractivity contribution is 5.79. The monoisotopic (exact) mass is 260 g/mol. The van der Waals surface area contributed by atoms with Crippen molar-refractivity contribution in [3.8, 4) is 0 Å². The lowest BCUT2D eigenvalue weighted by atomic mass is 10.0. The van der Waals surface area contributed by atoms with Crippen molar-refractivity contribution in [2.45, 2.75) is 32.2 Å². The molecule has 3 rings (SSSR count). The van der Waals surface area contributed by atoms with Crippen molar-refractivity contribution in [2.24, 2.45) is 0 Å². The van der Waals surface area contributed by atoms with E-state index in [0.29, 0.717) is 24.6 Å². The molecule has 1 saturated heterocycles. The van der Waals surface area contributed by atoms with Gasteiger partial charge >= 0.3 is 5.97 Å².